The Balaban J connectivity index is 2.13. The predicted octanol–water partition coefficient (Wildman–Crippen LogP) is 2.42. The highest BCUT2D eigenvalue weighted by atomic mass is 15.2. The standard InChI is InChI=1S/C12H18N2/c1-9(14(2)12-6-7-12)10-4-3-5-11(13)8-10/h3-5,8-9,12H,6-7,13H2,1-2H3. The van der Waals surface area contributed by atoms with E-state index >= 15 is 0 Å². The third-order valence-corrected chi connectivity index (χ3v) is 3.13. The van der Waals surface area contributed by atoms with E-state index in [1.807, 2.05) is 12.1 Å². The lowest BCUT2D eigenvalue weighted by Crippen LogP contribution is -2.24. The molecule has 0 amide bonds. The SMILES string of the molecule is CC(c1cccc(N)c1)N(C)C1CC1. The number of nitrogens with zero attached hydrogens (tertiary/aromatic N) is 1. The van der Waals surface area contributed by atoms with E-state index in [-0.39, 0.29) is 0 Å². The molecule has 2 rings (SSSR count). The van der Waals surface area contributed by atoms with E-state index in [9.17, 15) is 0 Å². The fraction of sp³-hybridized carbons (Fsp3) is 0.500. The van der Waals surface area contributed by atoms with Gasteiger partial charge in [0.25, 0.3) is 0 Å². The van der Waals surface area contributed by atoms with Crippen LogP contribution in [-0.4, -0.2) is 18.0 Å². The summed E-state index contributed by atoms with van der Waals surface area (Å²) in [5, 5.41) is 0. The zero-order chi connectivity index (χ0) is 10.1. The summed E-state index contributed by atoms with van der Waals surface area (Å²) in [4.78, 5) is 2.44. The van der Waals surface area contributed by atoms with Crippen molar-refractivity contribution in [3.05, 3.63) is 29.8 Å². The van der Waals surface area contributed by atoms with Crippen LogP contribution in [0.5, 0.6) is 0 Å². The van der Waals surface area contributed by atoms with Crippen molar-refractivity contribution in [2.45, 2.75) is 31.8 Å². The first-order valence-corrected chi connectivity index (χ1v) is 5.26. The molecule has 0 bridgehead atoms. The fourth-order valence-electron chi connectivity index (χ4n) is 1.85. The molecule has 1 aromatic carbocycles. The van der Waals surface area contributed by atoms with Crippen molar-refractivity contribution in [2.75, 3.05) is 12.8 Å². The highest BCUT2D eigenvalue weighted by Crippen LogP contribution is 2.32. The lowest BCUT2D eigenvalue weighted by Gasteiger charge is -2.24. The van der Waals surface area contributed by atoms with Gasteiger partial charge in [-0.1, -0.05) is 12.1 Å². The van der Waals surface area contributed by atoms with E-state index < -0.39 is 0 Å². The first-order valence-electron chi connectivity index (χ1n) is 5.26. The van der Waals surface area contributed by atoms with E-state index in [0.717, 1.165) is 11.7 Å². The first kappa shape index (κ1) is 9.53. The maximum Gasteiger partial charge on any atom is 0.0320 e. The predicted molar refractivity (Wildman–Crippen MR) is 60.1 cm³/mol. The molecule has 0 aliphatic heterocycles. The van der Waals surface area contributed by atoms with Gasteiger partial charge in [0.15, 0.2) is 0 Å². The van der Waals surface area contributed by atoms with Gasteiger partial charge in [-0.15, -0.1) is 0 Å². The molecule has 1 aliphatic rings. The summed E-state index contributed by atoms with van der Waals surface area (Å²) >= 11 is 0. The quantitative estimate of drug-likeness (QED) is 0.742. The Kier molecular flexibility index (Phi) is 2.46. The number of hydrogen-bond acceptors (Lipinski definition) is 2. The molecular weight excluding hydrogens is 172 g/mol. The third-order valence-electron chi connectivity index (χ3n) is 3.13. The van der Waals surface area contributed by atoms with Crippen LogP contribution < -0.4 is 5.73 Å². The van der Waals surface area contributed by atoms with Crippen molar-refractivity contribution in [2.24, 2.45) is 0 Å². The zero-order valence-corrected chi connectivity index (χ0v) is 8.90. The van der Waals surface area contributed by atoms with Gasteiger partial charge in [0.2, 0.25) is 0 Å². The van der Waals surface area contributed by atoms with Crippen LogP contribution in [0.25, 0.3) is 0 Å². The summed E-state index contributed by atoms with van der Waals surface area (Å²) in [5.74, 6) is 0. The molecule has 0 heterocycles. The molecule has 0 radical (unpaired) electrons. The van der Waals surface area contributed by atoms with Crippen LogP contribution in [0.3, 0.4) is 0 Å². The lowest BCUT2D eigenvalue weighted by atomic mass is 10.1. The first-order chi connectivity index (χ1) is 6.68. The van der Waals surface area contributed by atoms with Crippen LogP contribution in [0.15, 0.2) is 24.3 Å². The van der Waals surface area contributed by atoms with Gasteiger partial charge < -0.3 is 5.73 Å². The smallest absolute Gasteiger partial charge is 0.0320 e. The van der Waals surface area contributed by atoms with Crippen LogP contribution >= 0.6 is 0 Å². The lowest BCUT2D eigenvalue weighted by molar-refractivity contribution is 0.251. The van der Waals surface area contributed by atoms with Crippen molar-refractivity contribution in [3.8, 4) is 0 Å². The van der Waals surface area contributed by atoms with Crippen molar-refractivity contribution in [1.29, 1.82) is 0 Å². The zero-order valence-electron chi connectivity index (χ0n) is 8.90. The van der Waals surface area contributed by atoms with E-state index in [2.05, 4.69) is 31.0 Å². The number of hydrogen-bond donors (Lipinski definition) is 1. The molecule has 1 atom stereocenters. The van der Waals surface area contributed by atoms with Crippen molar-refractivity contribution < 1.29 is 0 Å². The average molecular weight is 190 g/mol. The van der Waals surface area contributed by atoms with Gasteiger partial charge in [-0.25, -0.2) is 0 Å². The molecule has 76 valence electrons. The summed E-state index contributed by atoms with van der Waals surface area (Å²) in [5.41, 5.74) is 7.95. The van der Waals surface area contributed by atoms with Gasteiger partial charge in [0, 0.05) is 17.8 Å². The monoisotopic (exact) mass is 190 g/mol. The van der Waals surface area contributed by atoms with Crippen LogP contribution in [0.4, 0.5) is 5.69 Å². The van der Waals surface area contributed by atoms with Crippen LogP contribution in [0, 0.1) is 0 Å². The van der Waals surface area contributed by atoms with E-state index in [4.69, 9.17) is 5.73 Å². The van der Waals surface area contributed by atoms with Gasteiger partial charge in [0.05, 0.1) is 0 Å². The van der Waals surface area contributed by atoms with Gasteiger partial charge in [-0.3, -0.25) is 4.90 Å². The minimum Gasteiger partial charge on any atom is -0.399 e. The third kappa shape index (κ3) is 1.90. The molecule has 2 N–H and O–H groups in total. The number of benzene rings is 1. The minimum absolute atomic E-state index is 0.478. The normalized spacial score (nSPS) is 18.5. The Bertz CT molecular complexity index is 318. The van der Waals surface area contributed by atoms with Gasteiger partial charge >= 0.3 is 0 Å². The maximum absolute atomic E-state index is 5.77. The molecule has 2 heteroatoms. The summed E-state index contributed by atoms with van der Waals surface area (Å²) in [6, 6.07) is 9.47. The average Bonchev–Trinajstić information content (AvgIpc) is 2.99. The molecule has 2 nitrogen and oxygen atoms in total. The summed E-state index contributed by atoms with van der Waals surface area (Å²) in [6.45, 7) is 2.24. The maximum atomic E-state index is 5.77. The molecule has 14 heavy (non-hydrogen) atoms. The summed E-state index contributed by atoms with van der Waals surface area (Å²) < 4.78 is 0. The molecule has 1 saturated carbocycles. The Labute approximate surface area is 85.7 Å². The molecule has 0 spiro atoms. The van der Waals surface area contributed by atoms with Crippen molar-refractivity contribution in [1.82, 2.24) is 4.90 Å². The van der Waals surface area contributed by atoms with Crippen LogP contribution in [0.2, 0.25) is 0 Å². The number of nitrogens with two attached hydrogens (primary N) is 1. The minimum atomic E-state index is 0.478. The van der Waals surface area contributed by atoms with Crippen molar-refractivity contribution in [3.63, 3.8) is 0 Å². The van der Waals surface area contributed by atoms with Crippen molar-refractivity contribution >= 4 is 5.69 Å². The molecule has 0 saturated heterocycles. The van der Waals surface area contributed by atoms with E-state index in [0.29, 0.717) is 6.04 Å². The van der Waals surface area contributed by atoms with Gasteiger partial charge in [0.1, 0.15) is 0 Å². The fourth-order valence-corrected chi connectivity index (χ4v) is 1.85. The molecule has 1 aromatic rings. The Morgan fingerprint density at radius 2 is 2.14 bits per heavy atom. The number of rotatable bonds is 3. The second kappa shape index (κ2) is 3.62. The van der Waals surface area contributed by atoms with Crippen LogP contribution in [-0.2, 0) is 0 Å². The van der Waals surface area contributed by atoms with Gasteiger partial charge in [-0.05, 0) is 44.5 Å². The van der Waals surface area contributed by atoms with E-state index in [1.165, 1.54) is 18.4 Å². The summed E-state index contributed by atoms with van der Waals surface area (Å²) in [6.07, 6.45) is 2.70. The largest absolute Gasteiger partial charge is 0.399 e. The second-order valence-electron chi connectivity index (χ2n) is 4.24. The highest BCUT2D eigenvalue weighted by Gasteiger charge is 2.29. The highest BCUT2D eigenvalue weighted by molar-refractivity contribution is 5.41. The molecule has 1 aliphatic carbocycles. The van der Waals surface area contributed by atoms with Crippen LogP contribution in [0.1, 0.15) is 31.4 Å². The molecule has 0 aromatic heterocycles. The molecule has 1 unspecified atom stereocenters. The van der Waals surface area contributed by atoms with Gasteiger partial charge in [-0.2, -0.15) is 0 Å². The Morgan fingerprint density at radius 1 is 1.43 bits per heavy atom. The number of nitrogen functional groups attached to an aromatic ring is 1. The topological polar surface area (TPSA) is 29.3 Å². The molecular formula is C12H18N2. The summed E-state index contributed by atoms with van der Waals surface area (Å²) in [7, 11) is 2.20. The van der Waals surface area contributed by atoms with E-state index in [1.54, 1.807) is 0 Å². The number of anilines is 1. The second-order valence-corrected chi connectivity index (χ2v) is 4.24. The Hall–Kier alpha value is -1.02. The molecule has 1 fully saturated rings. The Morgan fingerprint density at radius 3 is 2.71 bits per heavy atom.